The minimum Gasteiger partial charge on any atom is -0.462 e. The van der Waals surface area contributed by atoms with Crippen LogP contribution in [0.2, 0.25) is 0 Å². The molecule has 2 N–H and O–H groups in total. The first-order chi connectivity index (χ1) is 10.3. The number of nitrogens with two attached hydrogens (primary N) is 1. The van der Waals surface area contributed by atoms with Crippen LogP contribution in [0.15, 0.2) is 0 Å². The standard InChI is InChI=1S/C16H33NO4/c1-2-3-4-5-6-7-8-9-10-11-12-20-21-14-13-19-16(18)15-17/h2-15,17H2,1H3. The maximum Gasteiger partial charge on any atom is 0.319 e. The molecule has 0 aromatic rings. The van der Waals surface area contributed by atoms with Crippen LogP contribution in [0.25, 0.3) is 0 Å². The molecule has 5 heteroatoms. The van der Waals surface area contributed by atoms with Crippen molar-refractivity contribution >= 4 is 5.97 Å². The van der Waals surface area contributed by atoms with Crippen molar-refractivity contribution in [2.24, 2.45) is 5.73 Å². The molecule has 0 rings (SSSR count). The Kier molecular flexibility index (Phi) is 16.9. The van der Waals surface area contributed by atoms with Gasteiger partial charge in [0.1, 0.15) is 13.2 Å². The molecule has 21 heavy (non-hydrogen) atoms. The molecule has 0 aromatic carbocycles. The number of hydrogen-bond acceptors (Lipinski definition) is 5. The highest BCUT2D eigenvalue weighted by Crippen LogP contribution is 2.10. The molecule has 0 heterocycles. The fourth-order valence-corrected chi connectivity index (χ4v) is 2.01. The second-order valence-corrected chi connectivity index (χ2v) is 5.25. The van der Waals surface area contributed by atoms with Crippen molar-refractivity contribution in [3.8, 4) is 0 Å². The number of ether oxygens (including phenoxy) is 1. The van der Waals surface area contributed by atoms with Gasteiger partial charge in [-0.2, -0.15) is 0 Å². The molecule has 0 aromatic heterocycles. The number of carbonyl (C=O) groups excluding carboxylic acids is 1. The van der Waals surface area contributed by atoms with Gasteiger partial charge < -0.3 is 10.5 Å². The van der Waals surface area contributed by atoms with Crippen molar-refractivity contribution in [3.63, 3.8) is 0 Å². The first kappa shape index (κ1) is 20.3. The monoisotopic (exact) mass is 303 g/mol. The zero-order valence-electron chi connectivity index (χ0n) is 13.6. The molecule has 126 valence electrons. The number of carbonyl (C=O) groups is 1. The minimum absolute atomic E-state index is 0.0978. The van der Waals surface area contributed by atoms with E-state index in [1.807, 2.05) is 0 Å². The van der Waals surface area contributed by atoms with Crippen molar-refractivity contribution in [1.29, 1.82) is 0 Å². The van der Waals surface area contributed by atoms with Crippen molar-refractivity contribution in [1.82, 2.24) is 0 Å². The zero-order chi connectivity index (χ0) is 15.6. The van der Waals surface area contributed by atoms with Gasteiger partial charge in [-0.3, -0.25) is 4.79 Å². The lowest BCUT2D eigenvalue weighted by Crippen LogP contribution is -2.19. The molecule has 5 nitrogen and oxygen atoms in total. The summed E-state index contributed by atoms with van der Waals surface area (Å²) in [5.74, 6) is -0.423. The largest absolute Gasteiger partial charge is 0.462 e. The quantitative estimate of drug-likeness (QED) is 0.205. The topological polar surface area (TPSA) is 70.8 Å². The Balaban J connectivity index is 2.98. The highest BCUT2D eigenvalue weighted by Gasteiger charge is 1.98. The van der Waals surface area contributed by atoms with Crippen molar-refractivity contribution in [2.75, 3.05) is 26.4 Å². The van der Waals surface area contributed by atoms with Crippen LogP contribution in [-0.4, -0.2) is 32.3 Å². The van der Waals surface area contributed by atoms with E-state index in [1.54, 1.807) is 0 Å². The predicted molar refractivity (Wildman–Crippen MR) is 83.8 cm³/mol. The van der Waals surface area contributed by atoms with Gasteiger partial charge in [-0.25, -0.2) is 9.78 Å². The summed E-state index contributed by atoms with van der Waals surface area (Å²) in [6.45, 7) is 3.19. The Morgan fingerprint density at radius 2 is 1.29 bits per heavy atom. The van der Waals surface area contributed by atoms with Gasteiger partial charge in [0.2, 0.25) is 0 Å². The molecule has 0 saturated carbocycles. The van der Waals surface area contributed by atoms with E-state index in [9.17, 15) is 4.79 Å². The van der Waals surface area contributed by atoms with Gasteiger partial charge in [0.25, 0.3) is 0 Å². The number of esters is 1. The normalized spacial score (nSPS) is 10.8. The van der Waals surface area contributed by atoms with Crippen LogP contribution in [-0.2, 0) is 19.3 Å². The highest BCUT2D eigenvalue weighted by atomic mass is 17.2. The molecule has 0 atom stereocenters. The van der Waals surface area contributed by atoms with E-state index in [2.05, 4.69) is 6.92 Å². The van der Waals surface area contributed by atoms with Gasteiger partial charge in [-0.15, -0.1) is 0 Å². The summed E-state index contributed by atoms with van der Waals surface area (Å²) in [4.78, 5) is 20.6. The summed E-state index contributed by atoms with van der Waals surface area (Å²) in [6, 6.07) is 0. The third-order valence-electron chi connectivity index (χ3n) is 3.26. The fourth-order valence-electron chi connectivity index (χ4n) is 2.01. The smallest absolute Gasteiger partial charge is 0.319 e. The highest BCUT2D eigenvalue weighted by molar-refractivity contribution is 5.71. The first-order valence-electron chi connectivity index (χ1n) is 8.41. The molecular weight excluding hydrogens is 270 g/mol. The van der Waals surface area contributed by atoms with Crippen LogP contribution < -0.4 is 5.73 Å². The lowest BCUT2D eigenvalue weighted by molar-refractivity contribution is -0.298. The molecule has 0 unspecified atom stereocenters. The predicted octanol–water partition coefficient (Wildman–Crippen LogP) is 3.36. The fraction of sp³-hybridized carbons (Fsp3) is 0.938. The van der Waals surface area contributed by atoms with Crippen LogP contribution in [0.1, 0.15) is 71.1 Å². The summed E-state index contributed by atoms with van der Waals surface area (Å²) in [5, 5.41) is 0. The van der Waals surface area contributed by atoms with Gasteiger partial charge in [-0.05, 0) is 6.42 Å². The second kappa shape index (κ2) is 17.4. The molecular formula is C16H33NO4. The summed E-state index contributed by atoms with van der Waals surface area (Å²) in [7, 11) is 0. The van der Waals surface area contributed by atoms with Crippen LogP contribution in [0, 0.1) is 0 Å². The third-order valence-corrected chi connectivity index (χ3v) is 3.26. The van der Waals surface area contributed by atoms with Crippen LogP contribution in [0.4, 0.5) is 0 Å². The van der Waals surface area contributed by atoms with Gasteiger partial charge in [0, 0.05) is 0 Å². The van der Waals surface area contributed by atoms with Gasteiger partial charge in [0.15, 0.2) is 0 Å². The van der Waals surface area contributed by atoms with Crippen molar-refractivity contribution < 1.29 is 19.3 Å². The zero-order valence-corrected chi connectivity index (χ0v) is 13.6. The Hall–Kier alpha value is -0.650. The molecule has 0 saturated heterocycles. The number of rotatable bonds is 16. The SMILES string of the molecule is CCCCCCCCCCCCOOCCOC(=O)CN. The Morgan fingerprint density at radius 1 is 0.762 bits per heavy atom. The molecule has 0 fully saturated rings. The summed E-state index contributed by atoms with van der Waals surface area (Å²) >= 11 is 0. The lowest BCUT2D eigenvalue weighted by Gasteiger charge is -2.05. The molecule has 0 radical (unpaired) electrons. The molecule has 0 spiro atoms. The van der Waals surface area contributed by atoms with E-state index in [0.717, 1.165) is 6.42 Å². The van der Waals surface area contributed by atoms with Crippen LogP contribution >= 0.6 is 0 Å². The Bertz CT molecular complexity index is 224. The van der Waals surface area contributed by atoms with Gasteiger partial charge in [0.05, 0.1) is 13.2 Å². The molecule has 0 aliphatic heterocycles. The third kappa shape index (κ3) is 17.3. The lowest BCUT2D eigenvalue weighted by atomic mass is 10.1. The molecule has 0 aliphatic carbocycles. The van der Waals surface area contributed by atoms with Crippen molar-refractivity contribution in [3.05, 3.63) is 0 Å². The first-order valence-corrected chi connectivity index (χ1v) is 8.41. The summed E-state index contributed by atoms with van der Waals surface area (Å²) in [5.41, 5.74) is 5.09. The van der Waals surface area contributed by atoms with Crippen molar-refractivity contribution in [2.45, 2.75) is 71.1 Å². The maximum atomic E-state index is 10.7. The van der Waals surface area contributed by atoms with Gasteiger partial charge in [-0.1, -0.05) is 64.7 Å². The van der Waals surface area contributed by atoms with E-state index in [1.165, 1.54) is 57.8 Å². The summed E-state index contributed by atoms with van der Waals surface area (Å²) in [6.07, 6.45) is 13.0. The van der Waals surface area contributed by atoms with Gasteiger partial charge >= 0.3 is 5.97 Å². The molecule has 0 aliphatic rings. The van der Waals surface area contributed by atoms with Crippen LogP contribution in [0.3, 0.4) is 0 Å². The number of hydrogen-bond donors (Lipinski definition) is 1. The van der Waals surface area contributed by atoms with E-state index >= 15 is 0 Å². The maximum absolute atomic E-state index is 10.7. The van der Waals surface area contributed by atoms with E-state index in [4.69, 9.17) is 20.2 Å². The summed E-state index contributed by atoms with van der Waals surface area (Å²) < 4.78 is 4.73. The average molecular weight is 303 g/mol. The molecule has 0 amide bonds. The number of unbranched alkanes of at least 4 members (excludes halogenated alkanes) is 9. The second-order valence-electron chi connectivity index (χ2n) is 5.25. The van der Waals surface area contributed by atoms with E-state index in [0.29, 0.717) is 6.61 Å². The van der Waals surface area contributed by atoms with E-state index in [-0.39, 0.29) is 19.8 Å². The Morgan fingerprint density at radius 3 is 1.86 bits per heavy atom. The molecule has 0 bridgehead atoms. The minimum atomic E-state index is -0.423. The average Bonchev–Trinajstić information content (AvgIpc) is 2.50. The van der Waals surface area contributed by atoms with Crippen LogP contribution in [0.5, 0.6) is 0 Å². The van der Waals surface area contributed by atoms with E-state index < -0.39 is 5.97 Å². The Labute approximate surface area is 129 Å².